The number of rotatable bonds is 8. The lowest BCUT2D eigenvalue weighted by Gasteiger charge is -2.21. The summed E-state index contributed by atoms with van der Waals surface area (Å²) in [6.07, 6.45) is 1.12. The number of nitrogens with one attached hydrogen (secondary N) is 2. The largest absolute Gasteiger partial charge is 0.369 e. The molecular formula is C26H31N3O4S2. The van der Waals surface area contributed by atoms with Gasteiger partial charge in [-0.15, -0.1) is 0 Å². The van der Waals surface area contributed by atoms with Crippen molar-refractivity contribution < 1.29 is 16.8 Å². The van der Waals surface area contributed by atoms with Crippen LogP contribution in [0.25, 0.3) is 11.1 Å². The van der Waals surface area contributed by atoms with Gasteiger partial charge in [0.05, 0.1) is 11.5 Å². The van der Waals surface area contributed by atoms with Crippen molar-refractivity contribution in [1.29, 1.82) is 0 Å². The molecule has 0 aliphatic carbocycles. The minimum atomic E-state index is -3.43. The van der Waals surface area contributed by atoms with Crippen molar-refractivity contribution >= 4 is 31.4 Å². The van der Waals surface area contributed by atoms with E-state index in [1.807, 2.05) is 66.7 Å². The fraction of sp³-hybridized carbons (Fsp3) is 0.308. The van der Waals surface area contributed by atoms with Crippen molar-refractivity contribution in [2.75, 3.05) is 29.0 Å². The topological polar surface area (TPSA) is 95.6 Å². The van der Waals surface area contributed by atoms with Crippen LogP contribution in [0, 0.1) is 0 Å². The third kappa shape index (κ3) is 6.22. The molecule has 0 bridgehead atoms. The van der Waals surface area contributed by atoms with Gasteiger partial charge in [0.25, 0.3) is 0 Å². The van der Waals surface area contributed by atoms with Gasteiger partial charge in [0.2, 0.25) is 20.0 Å². The molecule has 3 aromatic rings. The van der Waals surface area contributed by atoms with E-state index in [0.717, 1.165) is 28.6 Å². The van der Waals surface area contributed by atoms with Crippen molar-refractivity contribution in [3.8, 4) is 11.1 Å². The van der Waals surface area contributed by atoms with E-state index in [4.69, 9.17) is 0 Å². The fourth-order valence-electron chi connectivity index (χ4n) is 4.36. The van der Waals surface area contributed by atoms with Crippen molar-refractivity contribution in [2.45, 2.75) is 31.1 Å². The van der Waals surface area contributed by atoms with Crippen LogP contribution >= 0.6 is 0 Å². The van der Waals surface area contributed by atoms with Crippen LogP contribution < -0.4 is 14.3 Å². The van der Waals surface area contributed by atoms with E-state index < -0.39 is 25.3 Å². The lowest BCUT2D eigenvalue weighted by molar-refractivity contribution is 0.535. The maximum atomic E-state index is 12.7. The number of para-hydroxylation sites is 1. The summed E-state index contributed by atoms with van der Waals surface area (Å²) in [7, 11) is -6.79. The molecular weight excluding hydrogens is 482 g/mol. The molecule has 2 N–H and O–H groups in total. The van der Waals surface area contributed by atoms with Crippen LogP contribution in [0.3, 0.4) is 0 Å². The summed E-state index contributed by atoms with van der Waals surface area (Å²) in [6.45, 7) is 4.65. The predicted octanol–water partition coefficient (Wildman–Crippen LogP) is 4.03. The Morgan fingerprint density at radius 1 is 0.829 bits per heavy atom. The Labute approximate surface area is 208 Å². The van der Waals surface area contributed by atoms with E-state index in [0.29, 0.717) is 18.8 Å². The molecule has 35 heavy (non-hydrogen) atoms. The molecule has 1 aliphatic rings. The van der Waals surface area contributed by atoms with Crippen LogP contribution in [0.5, 0.6) is 0 Å². The average molecular weight is 514 g/mol. The van der Waals surface area contributed by atoms with Gasteiger partial charge in [-0.25, -0.2) is 21.6 Å². The van der Waals surface area contributed by atoms with Gasteiger partial charge in [-0.3, -0.25) is 4.72 Å². The van der Waals surface area contributed by atoms with Crippen molar-refractivity contribution in [1.82, 2.24) is 4.72 Å². The quantitative estimate of drug-likeness (QED) is 0.474. The highest BCUT2D eigenvalue weighted by atomic mass is 32.2. The number of hydrogen-bond acceptors (Lipinski definition) is 5. The third-order valence-electron chi connectivity index (χ3n) is 6.22. The second-order valence-corrected chi connectivity index (χ2v) is 13.3. The van der Waals surface area contributed by atoms with Crippen LogP contribution in [-0.4, -0.2) is 47.5 Å². The summed E-state index contributed by atoms with van der Waals surface area (Å²) in [4.78, 5) is 2.21. The highest BCUT2D eigenvalue weighted by Crippen LogP contribution is 2.33. The van der Waals surface area contributed by atoms with Gasteiger partial charge in [-0.2, -0.15) is 0 Å². The fourth-order valence-corrected chi connectivity index (χ4v) is 5.84. The molecule has 2 unspecified atom stereocenters. The normalized spacial score (nSPS) is 18.7. The first-order valence-electron chi connectivity index (χ1n) is 11.5. The third-order valence-corrected chi connectivity index (χ3v) is 8.69. The Kier molecular flexibility index (Phi) is 7.21. The van der Waals surface area contributed by atoms with Gasteiger partial charge in [-0.05, 0) is 54.8 Å². The molecule has 0 amide bonds. The van der Waals surface area contributed by atoms with E-state index in [-0.39, 0.29) is 12.0 Å². The van der Waals surface area contributed by atoms with Crippen LogP contribution in [0.4, 0.5) is 11.4 Å². The zero-order valence-corrected chi connectivity index (χ0v) is 21.7. The Bertz CT molecular complexity index is 1370. The summed E-state index contributed by atoms with van der Waals surface area (Å²) in [6, 6.07) is 25.0. The molecule has 186 valence electrons. The smallest absolute Gasteiger partial charge is 0.229 e. The minimum Gasteiger partial charge on any atom is -0.369 e. The van der Waals surface area contributed by atoms with E-state index in [1.165, 1.54) is 0 Å². The van der Waals surface area contributed by atoms with Crippen LogP contribution in [0.2, 0.25) is 0 Å². The monoisotopic (exact) mass is 513 g/mol. The van der Waals surface area contributed by atoms with Gasteiger partial charge in [0.15, 0.2) is 0 Å². The Morgan fingerprint density at radius 3 is 2.14 bits per heavy atom. The van der Waals surface area contributed by atoms with Gasteiger partial charge >= 0.3 is 0 Å². The van der Waals surface area contributed by atoms with Crippen molar-refractivity contribution in [2.24, 2.45) is 0 Å². The molecule has 9 heteroatoms. The van der Waals surface area contributed by atoms with E-state index in [9.17, 15) is 16.8 Å². The predicted molar refractivity (Wildman–Crippen MR) is 143 cm³/mol. The maximum absolute atomic E-state index is 12.7. The van der Waals surface area contributed by atoms with Crippen LogP contribution in [-0.2, 0) is 20.0 Å². The molecule has 0 aromatic heterocycles. The molecule has 0 saturated carbocycles. The van der Waals surface area contributed by atoms with Crippen molar-refractivity contribution in [3.05, 3.63) is 84.4 Å². The standard InChI is InChI=1S/C26H31N3O4S2/c1-19(2)35(32,33)28-26-18-29(24-10-5-4-6-11-24)17-25(26)21-14-12-20(13-15-21)22-8-7-9-23(16-22)27-34(3,30)31/h4-16,19,25-28H,17-18H2,1-3H3. The van der Waals surface area contributed by atoms with E-state index >= 15 is 0 Å². The zero-order chi connectivity index (χ0) is 25.2. The molecule has 0 radical (unpaired) electrons. The Balaban J connectivity index is 1.61. The maximum Gasteiger partial charge on any atom is 0.229 e. The van der Waals surface area contributed by atoms with E-state index in [1.54, 1.807) is 26.0 Å². The summed E-state index contributed by atoms with van der Waals surface area (Å²) in [5, 5.41) is -0.510. The Hall–Kier alpha value is -2.88. The second-order valence-electron chi connectivity index (χ2n) is 9.24. The SMILES string of the molecule is CC(C)S(=O)(=O)NC1CN(c2ccccc2)CC1c1ccc(-c2cccc(NS(C)(=O)=O)c2)cc1. The van der Waals surface area contributed by atoms with E-state index in [2.05, 4.69) is 14.3 Å². The molecule has 2 atom stereocenters. The van der Waals surface area contributed by atoms with Gasteiger partial charge in [-0.1, -0.05) is 54.6 Å². The second kappa shape index (κ2) is 10.0. The average Bonchev–Trinajstić information content (AvgIpc) is 3.22. The molecule has 1 aliphatic heterocycles. The lowest BCUT2D eigenvalue weighted by Crippen LogP contribution is -2.43. The van der Waals surface area contributed by atoms with Gasteiger partial charge in [0, 0.05) is 36.4 Å². The van der Waals surface area contributed by atoms with Gasteiger partial charge in [0.1, 0.15) is 0 Å². The summed E-state index contributed by atoms with van der Waals surface area (Å²) >= 11 is 0. The molecule has 1 fully saturated rings. The molecule has 1 heterocycles. The summed E-state index contributed by atoms with van der Waals surface area (Å²) < 4.78 is 54.0. The highest BCUT2D eigenvalue weighted by molar-refractivity contribution is 7.92. The molecule has 1 saturated heterocycles. The van der Waals surface area contributed by atoms with Crippen LogP contribution in [0.1, 0.15) is 25.3 Å². The molecule has 0 spiro atoms. The van der Waals surface area contributed by atoms with Crippen molar-refractivity contribution in [3.63, 3.8) is 0 Å². The van der Waals surface area contributed by atoms with Gasteiger partial charge < -0.3 is 4.90 Å². The highest BCUT2D eigenvalue weighted by Gasteiger charge is 2.37. The molecule has 3 aromatic carbocycles. The minimum absolute atomic E-state index is 0.0176. The first-order chi connectivity index (χ1) is 16.5. The number of nitrogens with zero attached hydrogens (tertiary/aromatic N) is 1. The molecule has 7 nitrogen and oxygen atoms in total. The first kappa shape index (κ1) is 25.2. The summed E-state index contributed by atoms with van der Waals surface area (Å²) in [5.41, 5.74) is 4.46. The number of anilines is 2. The number of sulfonamides is 2. The lowest BCUT2D eigenvalue weighted by atomic mass is 9.93. The zero-order valence-electron chi connectivity index (χ0n) is 20.0. The first-order valence-corrected chi connectivity index (χ1v) is 14.9. The summed E-state index contributed by atoms with van der Waals surface area (Å²) in [5.74, 6) is -0.0176. The number of hydrogen-bond donors (Lipinski definition) is 2. The van der Waals surface area contributed by atoms with Crippen LogP contribution in [0.15, 0.2) is 78.9 Å². The number of benzene rings is 3. The Morgan fingerprint density at radius 2 is 1.51 bits per heavy atom. The molecule has 4 rings (SSSR count).